The van der Waals surface area contributed by atoms with Crippen LogP contribution < -0.4 is 0 Å². The third-order valence-electron chi connectivity index (χ3n) is 2.60. The van der Waals surface area contributed by atoms with E-state index in [4.69, 9.17) is 19.1 Å². The number of thioether (sulfide) groups is 2. The molecule has 0 heterocycles. The summed E-state index contributed by atoms with van der Waals surface area (Å²) >= 11 is 3.57. The minimum Gasteiger partial charge on any atom is -0.353 e. The fraction of sp³-hybridized carbons (Fsp3) is 1.00. The Hall–Kier alpha value is 0.460. The fourth-order valence-corrected chi connectivity index (χ4v) is 1.66. The maximum Gasteiger partial charge on any atom is 0.167 e. The van der Waals surface area contributed by atoms with Gasteiger partial charge in [-0.15, -0.1) is 0 Å². The van der Waals surface area contributed by atoms with Crippen molar-refractivity contribution in [1.29, 1.82) is 0 Å². The molecule has 1 atom stereocenters. The monoisotopic (exact) mass is 372 g/mol. The van der Waals surface area contributed by atoms with Crippen LogP contribution in [0.25, 0.3) is 0 Å². The molecule has 142 valence electrons. The number of rotatable bonds is 14. The van der Waals surface area contributed by atoms with Crippen LogP contribution in [0.3, 0.4) is 0 Å². The van der Waals surface area contributed by atoms with E-state index >= 15 is 0 Å². The Morgan fingerprint density at radius 1 is 0.957 bits per heavy atom. The SMILES string of the molecule is CCN(CC)OCOCCSC.CSC(C)COCON(C)C. The maximum atomic E-state index is 5.29. The van der Waals surface area contributed by atoms with Crippen molar-refractivity contribution in [3.05, 3.63) is 0 Å². The summed E-state index contributed by atoms with van der Waals surface area (Å²) in [4.78, 5) is 10.3. The molecule has 0 aliphatic rings. The van der Waals surface area contributed by atoms with Gasteiger partial charge in [-0.1, -0.05) is 20.8 Å². The van der Waals surface area contributed by atoms with E-state index in [1.54, 1.807) is 28.6 Å². The average Bonchev–Trinajstić information content (AvgIpc) is 2.55. The molecule has 8 heteroatoms. The summed E-state index contributed by atoms with van der Waals surface area (Å²) in [5.74, 6) is 1.03. The van der Waals surface area contributed by atoms with Gasteiger partial charge in [0.1, 0.15) is 0 Å². The zero-order valence-electron chi connectivity index (χ0n) is 15.9. The Morgan fingerprint density at radius 2 is 1.57 bits per heavy atom. The molecule has 0 saturated carbocycles. The van der Waals surface area contributed by atoms with Crippen molar-refractivity contribution in [2.24, 2.45) is 0 Å². The predicted octanol–water partition coefficient (Wildman–Crippen LogP) is 2.80. The second-order valence-corrected chi connectivity index (χ2v) is 7.00. The van der Waals surface area contributed by atoms with Gasteiger partial charge in [-0.3, -0.25) is 9.68 Å². The zero-order chi connectivity index (χ0) is 17.9. The van der Waals surface area contributed by atoms with E-state index in [1.807, 2.05) is 19.2 Å². The van der Waals surface area contributed by atoms with Crippen molar-refractivity contribution >= 4 is 23.5 Å². The molecule has 0 aliphatic carbocycles. The molecular weight excluding hydrogens is 336 g/mol. The summed E-state index contributed by atoms with van der Waals surface area (Å²) in [6.45, 7) is 10.3. The normalized spacial score (nSPS) is 12.4. The molecule has 0 rings (SSSR count). The molecule has 0 aliphatic heterocycles. The third-order valence-corrected chi connectivity index (χ3v) is 4.12. The first-order chi connectivity index (χ1) is 11.0. The molecule has 0 aromatic heterocycles. The molecule has 6 nitrogen and oxygen atoms in total. The number of nitrogens with zero attached hydrogens (tertiary/aromatic N) is 2. The molecular formula is C15H36N2O4S2. The molecule has 0 bridgehead atoms. The number of hydroxylamine groups is 4. The summed E-state index contributed by atoms with van der Waals surface area (Å²) < 4.78 is 10.4. The van der Waals surface area contributed by atoms with Gasteiger partial charge in [0.25, 0.3) is 0 Å². The van der Waals surface area contributed by atoms with E-state index in [1.165, 1.54) is 0 Å². The Kier molecular flexibility index (Phi) is 22.9. The molecule has 1 unspecified atom stereocenters. The minimum atomic E-state index is 0.345. The maximum absolute atomic E-state index is 5.29. The lowest BCUT2D eigenvalue weighted by atomic mass is 10.5. The second-order valence-electron chi connectivity index (χ2n) is 4.74. The molecule has 23 heavy (non-hydrogen) atoms. The highest BCUT2D eigenvalue weighted by atomic mass is 32.2. The van der Waals surface area contributed by atoms with Gasteiger partial charge >= 0.3 is 0 Å². The first-order valence-corrected chi connectivity index (χ1v) is 10.5. The van der Waals surface area contributed by atoms with Crippen LogP contribution in [-0.4, -0.2) is 87.6 Å². The molecule has 0 radical (unpaired) electrons. The van der Waals surface area contributed by atoms with E-state index in [9.17, 15) is 0 Å². The molecule has 0 spiro atoms. The second kappa shape index (κ2) is 20.5. The quantitative estimate of drug-likeness (QED) is 0.262. The van der Waals surface area contributed by atoms with Crippen LogP contribution in [0.1, 0.15) is 20.8 Å². The summed E-state index contributed by atoms with van der Waals surface area (Å²) in [6.07, 6.45) is 4.13. The molecule has 0 aromatic rings. The third kappa shape index (κ3) is 22.5. The van der Waals surface area contributed by atoms with E-state index in [0.717, 1.165) is 32.1 Å². The lowest BCUT2D eigenvalue weighted by Crippen LogP contribution is -2.24. The van der Waals surface area contributed by atoms with Gasteiger partial charge in [-0.25, -0.2) is 0 Å². The highest BCUT2D eigenvalue weighted by molar-refractivity contribution is 7.99. The number of hydrogen-bond donors (Lipinski definition) is 0. The van der Waals surface area contributed by atoms with E-state index in [0.29, 0.717) is 18.8 Å². The van der Waals surface area contributed by atoms with E-state index < -0.39 is 0 Å². The summed E-state index contributed by atoms with van der Waals surface area (Å²) in [5, 5.41) is 4.05. The Balaban J connectivity index is 0. The van der Waals surface area contributed by atoms with Crippen molar-refractivity contribution in [2.45, 2.75) is 26.0 Å². The lowest BCUT2D eigenvalue weighted by Gasteiger charge is -2.17. The van der Waals surface area contributed by atoms with Crippen LogP contribution in [-0.2, 0) is 19.1 Å². The average molecular weight is 373 g/mol. The Bertz CT molecular complexity index is 224. The summed E-state index contributed by atoms with van der Waals surface area (Å²) in [7, 11) is 3.67. The van der Waals surface area contributed by atoms with Crippen molar-refractivity contribution in [3.8, 4) is 0 Å². The lowest BCUT2D eigenvalue weighted by molar-refractivity contribution is -0.218. The van der Waals surface area contributed by atoms with Gasteiger partial charge in [-0.05, 0) is 12.5 Å². The minimum absolute atomic E-state index is 0.345. The van der Waals surface area contributed by atoms with Gasteiger partial charge in [0.15, 0.2) is 13.6 Å². The Labute approximate surface area is 151 Å². The zero-order valence-corrected chi connectivity index (χ0v) is 17.5. The van der Waals surface area contributed by atoms with Crippen LogP contribution in [0.2, 0.25) is 0 Å². The number of hydrogen-bond acceptors (Lipinski definition) is 8. The highest BCUT2D eigenvalue weighted by Crippen LogP contribution is 2.04. The van der Waals surface area contributed by atoms with E-state index in [2.05, 4.69) is 33.3 Å². The molecule has 0 amide bonds. The first-order valence-electron chi connectivity index (χ1n) is 7.86. The van der Waals surface area contributed by atoms with Gasteiger partial charge < -0.3 is 9.47 Å². The van der Waals surface area contributed by atoms with Gasteiger partial charge in [-0.2, -0.15) is 33.7 Å². The van der Waals surface area contributed by atoms with Crippen LogP contribution in [0.15, 0.2) is 0 Å². The standard InChI is InChI=1S/C8H19NO2S.C7H17NO2S/c1-4-9(5-2)11-8-10-6-7-12-3;1-7(11-4)5-9-6-10-8(2)3/h4-8H2,1-3H3;7H,5-6H2,1-4H3. The highest BCUT2D eigenvalue weighted by Gasteiger charge is 1.98. The van der Waals surface area contributed by atoms with Gasteiger partial charge in [0.05, 0.1) is 13.2 Å². The van der Waals surface area contributed by atoms with Gasteiger partial charge in [0.2, 0.25) is 0 Å². The fourth-order valence-electron chi connectivity index (χ4n) is 1.14. The van der Waals surface area contributed by atoms with Crippen molar-refractivity contribution < 1.29 is 19.1 Å². The van der Waals surface area contributed by atoms with Crippen molar-refractivity contribution in [3.63, 3.8) is 0 Å². The van der Waals surface area contributed by atoms with E-state index in [-0.39, 0.29) is 0 Å². The summed E-state index contributed by atoms with van der Waals surface area (Å²) in [6, 6.07) is 0. The molecule has 0 aromatic carbocycles. The van der Waals surface area contributed by atoms with Crippen LogP contribution >= 0.6 is 23.5 Å². The molecule has 0 fully saturated rings. The molecule has 0 saturated heterocycles. The first kappa shape index (κ1) is 25.7. The smallest absolute Gasteiger partial charge is 0.167 e. The summed E-state index contributed by atoms with van der Waals surface area (Å²) in [5.41, 5.74) is 0. The van der Waals surface area contributed by atoms with Crippen molar-refractivity contribution in [2.75, 3.05) is 72.2 Å². The number of ether oxygens (including phenoxy) is 2. The molecule has 0 N–H and O–H groups in total. The van der Waals surface area contributed by atoms with Gasteiger partial charge in [0, 0.05) is 38.2 Å². The Morgan fingerprint density at radius 3 is 2.04 bits per heavy atom. The predicted molar refractivity (Wildman–Crippen MR) is 102 cm³/mol. The largest absolute Gasteiger partial charge is 0.353 e. The van der Waals surface area contributed by atoms with Crippen molar-refractivity contribution in [1.82, 2.24) is 10.1 Å². The van der Waals surface area contributed by atoms with Crippen LogP contribution in [0.4, 0.5) is 0 Å². The topological polar surface area (TPSA) is 43.4 Å². The van der Waals surface area contributed by atoms with Crippen LogP contribution in [0, 0.1) is 0 Å². The van der Waals surface area contributed by atoms with Crippen LogP contribution in [0.5, 0.6) is 0 Å².